The van der Waals surface area contributed by atoms with Crippen molar-refractivity contribution < 1.29 is 120 Å². The molecule has 0 bridgehead atoms. The summed E-state index contributed by atoms with van der Waals surface area (Å²) >= 11 is 0. The lowest BCUT2D eigenvalue weighted by Crippen LogP contribution is -2.39. The molecule has 0 aliphatic rings. The van der Waals surface area contributed by atoms with Crippen LogP contribution in [0.2, 0.25) is 0 Å². The van der Waals surface area contributed by atoms with Crippen molar-refractivity contribution in [2.75, 3.05) is 51.2 Å². The molecule has 6 N–H and O–H groups in total. The summed E-state index contributed by atoms with van der Waals surface area (Å²) in [5.41, 5.74) is 6.68. The second-order valence-electron chi connectivity index (χ2n) is 21.7. The van der Waals surface area contributed by atoms with Crippen LogP contribution < -0.4 is 20.1 Å². The van der Waals surface area contributed by atoms with Gasteiger partial charge in [0.1, 0.15) is 18.1 Å². The van der Waals surface area contributed by atoms with Crippen LogP contribution in [0.1, 0.15) is 80.4 Å². The van der Waals surface area contributed by atoms with Crippen LogP contribution in [0.25, 0.3) is 22.3 Å². The Morgan fingerprint density at radius 1 is 0.436 bits per heavy atom. The molecule has 33 nitrogen and oxygen atoms in total. The minimum Gasteiger partial charge on any atom is -0.497 e. The number of amides is 4. The van der Waals surface area contributed by atoms with Gasteiger partial charge in [0.25, 0.3) is 0 Å². The van der Waals surface area contributed by atoms with E-state index in [1.165, 1.54) is 60.5 Å². The molecular formula is C68H82N8O25. The smallest absolute Gasteiger partial charge is 0.347 e. The molecule has 544 valence electrons. The minimum absolute atomic E-state index is 0.0246. The number of aliphatic hydroxyl groups excluding tert-OH is 1. The van der Waals surface area contributed by atoms with Crippen molar-refractivity contribution in [1.82, 2.24) is 30.2 Å². The lowest BCUT2D eigenvalue weighted by Gasteiger charge is -2.24. The maximum Gasteiger partial charge on any atom is 0.347 e. The van der Waals surface area contributed by atoms with E-state index in [-0.39, 0.29) is 38.9 Å². The molecule has 101 heavy (non-hydrogen) atoms. The molecule has 4 amide bonds. The van der Waals surface area contributed by atoms with Gasteiger partial charge in [0.05, 0.1) is 39.8 Å². The molecule has 2 aromatic heterocycles. The van der Waals surface area contributed by atoms with E-state index in [1.807, 2.05) is 72.9 Å². The van der Waals surface area contributed by atoms with Crippen LogP contribution in [-0.2, 0) is 104 Å². The van der Waals surface area contributed by atoms with Crippen LogP contribution in [0, 0.1) is 0 Å². The monoisotopic (exact) mass is 1410 g/mol. The van der Waals surface area contributed by atoms with Crippen molar-refractivity contribution in [2.45, 2.75) is 131 Å². The molecular weight excluding hydrogens is 1330 g/mol. The van der Waals surface area contributed by atoms with Gasteiger partial charge in [0.2, 0.25) is 0 Å². The molecule has 33 heteroatoms. The molecule has 0 fully saturated rings. The van der Waals surface area contributed by atoms with Crippen molar-refractivity contribution >= 4 is 83.1 Å². The standard InChI is InChI=1S/C34H40N4O12.C20H22N4O3.C14H20O10/c1-20(48-32(42)22(3)50-33(43)23(4)49-31(41)21(2)47-24(5)39)30(40)46-15-14-38(19-25-8-7-9-29(16-25)45-6)34(44)37-28-12-10-26(11-13-28)27-17-35-36-18-27;1-27-19-4-2-3-15(11-19)14-24(9-10-25)20(26)23-18-7-5-16(6-8-18)17-12-21-22-13-17;1-6(11(16)17)22-13(19)8(3)24-14(20)9(4)23-12(18)7(2)21-10(5)15/h7-13,16-18,20-23H,14-15,19H2,1-6H3,(H,35,36)(H,37,44);2-8,11-13,25H,9-10,14H2,1H3,(H,21,22)(H,23,26);6-9H,1-5H3,(H,16,17)/t20-,21-,22-,23-;;6-,7-,8-,9-/m0.0/s1. The number of aliphatic carboxylic acids is 1. The minimum atomic E-state index is -1.47. The number of urea groups is 2. The first-order valence-electron chi connectivity index (χ1n) is 31.1. The first-order chi connectivity index (χ1) is 47.9. The van der Waals surface area contributed by atoms with Gasteiger partial charge < -0.3 is 82.8 Å². The third kappa shape index (κ3) is 28.6. The van der Waals surface area contributed by atoms with Gasteiger partial charge >= 0.3 is 71.8 Å². The Labute approximate surface area is 580 Å². The number of carboxylic acids is 1. The molecule has 0 aliphatic carbocycles. The SMILES string of the molecule is CC(=O)O[C@@H](C)C(=O)O[C@@H](C)C(=O)O[C@@H](C)C(=O)O[C@@H](C)C(=O)O.COc1cccc(CN(CCO)C(=O)Nc2ccc(-c3cn[nH]c3)cc2)c1.COc1cccc(CN(CCOC(=O)[C@H](C)OC(=O)[C@H](C)OC(=O)[C@H](C)OC(=O)[C@H](C)OC(C)=O)C(=O)Nc2ccc(-c3cn[nH]c3)cc2)c1. The Balaban J connectivity index is 0.000000356. The van der Waals surface area contributed by atoms with E-state index in [9.17, 15) is 62.6 Å². The van der Waals surface area contributed by atoms with Crippen LogP contribution in [0.4, 0.5) is 21.0 Å². The maximum absolute atomic E-state index is 13.4. The van der Waals surface area contributed by atoms with Crippen molar-refractivity contribution in [3.63, 3.8) is 0 Å². The lowest BCUT2D eigenvalue weighted by molar-refractivity contribution is -0.184. The average molecular weight is 1410 g/mol. The number of nitrogens with one attached hydrogen (secondary N) is 4. The van der Waals surface area contributed by atoms with Crippen LogP contribution >= 0.6 is 0 Å². The highest BCUT2D eigenvalue weighted by Crippen LogP contribution is 2.24. The number of hydrogen-bond donors (Lipinski definition) is 6. The molecule has 0 saturated carbocycles. The van der Waals surface area contributed by atoms with Gasteiger partial charge in [-0.3, -0.25) is 19.8 Å². The summed E-state index contributed by atoms with van der Waals surface area (Å²) < 4.78 is 54.1. The Hall–Kier alpha value is -11.9. The summed E-state index contributed by atoms with van der Waals surface area (Å²) in [7, 11) is 3.13. The van der Waals surface area contributed by atoms with Crippen molar-refractivity contribution in [3.8, 4) is 33.8 Å². The number of ether oxygens (including phenoxy) is 11. The Morgan fingerprint density at radius 3 is 1.07 bits per heavy atom. The second kappa shape index (κ2) is 41.4. The largest absolute Gasteiger partial charge is 0.497 e. The quantitative estimate of drug-likeness (QED) is 0.0204. The summed E-state index contributed by atoms with van der Waals surface area (Å²) in [5, 5.41) is 37.0. The molecule has 6 aromatic rings. The number of aliphatic hydroxyl groups is 1. The normalized spacial score (nSPS) is 12.8. The van der Waals surface area contributed by atoms with Crippen molar-refractivity contribution in [1.29, 1.82) is 0 Å². The molecule has 0 radical (unpaired) electrons. The van der Waals surface area contributed by atoms with Gasteiger partial charge in [-0.1, -0.05) is 48.5 Å². The molecule has 6 rings (SSSR count). The number of hydrogen-bond acceptors (Lipinski definition) is 26. The van der Waals surface area contributed by atoms with E-state index in [0.29, 0.717) is 23.7 Å². The molecule has 0 spiro atoms. The van der Waals surface area contributed by atoms with Crippen molar-refractivity contribution in [2.24, 2.45) is 0 Å². The Bertz CT molecular complexity index is 3720. The molecule has 0 saturated heterocycles. The number of aromatic nitrogens is 4. The number of benzene rings is 4. The molecule has 0 aliphatic heterocycles. The van der Waals surface area contributed by atoms with Gasteiger partial charge in [0.15, 0.2) is 48.8 Å². The van der Waals surface area contributed by atoms with Crippen LogP contribution in [0.5, 0.6) is 11.5 Å². The summed E-state index contributed by atoms with van der Waals surface area (Å²) in [4.78, 5) is 146. The Morgan fingerprint density at radius 2 is 0.762 bits per heavy atom. The third-order valence-electron chi connectivity index (χ3n) is 13.6. The van der Waals surface area contributed by atoms with Gasteiger partial charge in [-0.05, 0) is 126 Å². The Kier molecular flexibility index (Phi) is 33.4. The van der Waals surface area contributed by atoms with Gasteiger partial charge in [0, 0.05) is 68.4 Å². The van der Waals surface area contributed by atoms with E-state index in [4.69, 9.17) is 47.7 Å². The van der Waals surface area contributed by atoms with Gasteiger partial charge in [-0.25, -0.2) is 47.9 Å². The fraction of sp³-hybridized carbons (Fsp3) is 0.382. The highest BCUT2D eigenvalue weighted by molar-refractivity contribution is 5.91. The van der Waals surface area contributed by atoms with E-state index < -0.39 is 115 Å². The number of carbonyl (C=O) groups is 12. The zero-order chi connectivity index (χ0) is 74.9. The molecule has 0 unspecified atom stereocenters. The number of H-pyrrole nitrogens is 2. The predicted molar refractivity (Wildman–Crippen MR) is 354 cm³/mol. The topological polar surface area (TPSA) is 435 Å². The lowest BCUT2D eigenvalue weighted by atomic mass is 10.1. The van der Waals surface area contributed by atoms with Gasteiger partial charge in [-0.2, -0.15) is 10.2 Å². The fourth-order valence-corrected chi connectivity index (χ4v) is 8.20. The van der Waals surface area contributed by atoms with E-state index in [1.54, 1.807) is 60.9 Å². The molecule has 2 heterocycles. The second-order valence-corrected chi connectivity index (χ2v) is 21.7. The van der Waals surface area contributed by atoms with E-state index >= 15 is 0 Å². The van der Waals surface area contributed by atoms with E-state index in [0.717, 1.165) is 59.9 Å². The zero-order valence-electron chi connectivity index (χ0n) is 57.5. The predicted octanol–water partition coefficient (Wildman–Crippen LogP) is 6.34. The average Bonchev–Trinajstić information content (AvgIpc) is 1.64. The van der Waals surface area contributed by atoms with Crippen LogP contribution in [-0.4, -0.2) is 202 Å². The zero-order valence-corrected chi connectivity index (χ0v) is 57.5. The number of esters is 9. The molecule has 4 aromatic carbocycles. The van der Waals surface area contributed by atoms with Crippen molar-refractivity contribution in [3.05, 3.63) is 133 Å². The summed E-state index contributed by atoms with van der Waals surface area (Å²) in [6.07, 6.45) is -3.95. The number of carbonyl (C=O) groups excluding carboxylic acids is 11. The summed E-state index contributed by atoms with van der Waals surface area (Å²) in [6, 6.07) is 28.6. The number of carboxylic acid groups (broad SMARTS) is 1. The van der Waals surface area contributed by atoms with E-state index in [2.05, 4.69) is 40.5 Å². The first-order valence-corrected chi connectivity index (χ1v) is 31.1. The highest BCUT2D eigenvalue weighted by atomic mass is 16.7. The fourth-order valence-electron chi connectivity index (χ4n) is 8.20. The summed E-state index contributed by atoms with van der Waals surface area (Å²) in [6.45, 7) is 12.3. The summed E-state index contributed by atoms with van der Waals surface area (Å²) in [5.74, 6) is -8.55. The number of methoxy groups -OCH3 is 2. The number of anilines is 2. The number of nitrogens with zero attached hydrogens (tertiary/aromatic N) is 4. The van der Waals surface area contributed by atoms with Crippen LogP contribution in [0.15, 0.2) is 122 Å². The maximum atomic E-state index is 13.4. The highest BCUT2D eigenvalue weighted by Gasteiger charge is 2.32. The number of aromatic amines is 2. The number of rotatable bonds is 31. The first kappa shape index (κ1) is 81.5. The molecule has 8 atom stereocenters. The van der Waals surface area contributed by atoms with Gasteiger partial charge in [-0.15, -0.1) is 0 Å². The third-order valence-corrected chi connectivity index (χ3v) is 13.6. The van der Waals surface area contributed by atoms with Crippen LogP contribution in [0.3, 0.4) is 0 Å².